The largest absolute Gasteiger partial charge is 0.465 e. The molecule has 0 atom stereocenters. The van der Waals surface area contributed by atoms with Crippen molar-refractivity contribution in [3.8, 4) is 28.9 Å². The molecule has 0 radical (unpaired) electrons. The SMILES string of the molecule is COC(=O)c1ccc(C=Nc2oc(-c3ccco3)c(-c3ccco3)c2C#N)cc1. The molecule has 0 amide bonds. The van der Waals surface area contributed by atoms with Crippen LogP contribution in [0.3, 0.4) is 0 Å². The lowest BCUT2D eigenvalue weighted by Crippen LogP contribution is -2.00. The van der Waals surface area contributed by atoms with Crippen molar-refractivity contribution in [1.29, 1.82) is 5.26 Å². The van der Waals surface area contributed by atoms with Crippen LogP contribution in [-0.4, -0.2) is 19.3 Å². The van der Waals surface area contributed by atoms with Gasteiger partial charge in [-0.05, 0) is 42.0 Å². The maximum Gasteiger partial charge on any atom is 0.337 e. The molecule has 7 nitrogen and oxygen atoms in total. The zero-order valence-electron chi connectivity index (χ0n) is 15.3. The van der Waals surface area contributed by atoms with E-state index in [0.717, 1.165) is 5.56 Å². The molecular weight excluding hydrogens is 372 g/mol. The van der Waals surface area contributed by atoms with E-state index in [1.807, 2.05) is 0 Å². The molecule has 0 fully saturated rings. The monoisotopic (exact) mass is 386 g/mol. The maximum absolute atomic E-state index is 11.5. The predicted octanol–water partition coefficient (Wildman–Crippen LogP) is 5.21. The molecule has 3 heterocycles. The first-order valence-corrected chi connectivity index (χ1v) is 8.58. The molecule has 0 aliphatic carbocycles. The van der Waals surface area contributed by atoms with Crippen molar-refractivity contribution in [2.45, 2.75) is 0 Å². The summed E-state index contributed by atoms with van der Waals surface area (Å²) in [6.07, 6.45) is 4.57. The second-order valence-corrected chi connectivity index (χ2v) is 5.92. The number of benzene rings is 1. The van der Waals surface area contributed by atoms with Crippen LogP contribution in [0.15, 0.2) is 79.3 Å². The van der Waals surface area contributed by atoms with Gasteiger partial charge in [0, 0.05) is 6.21 Å². The summed E-state index contributed by atoms with van der Waals surface area (Å²) < 4.78 is 21.5. The molecule has 0 saturated heterocycles. The van der Waals surface area contributed by atoms with Crippen molar-refractivity contribution in [2.24, 2.45) is 4.99 Å². The Morgan fingerprint density at radius 3 is 2.34 bits per heavy atom. The Morgan fingerprint density at radius 2 is 1.76 bits per heavy atom. The molecule has 0 bridgehead atoms. The zero-order chi connectivity index (χ0) is 20.2. The summed E-state index contributed by atoms with van der Waals surface area (Å²) >= 11 is 0. The van der Waals surface area contributed by atoms with Gasteiger partial charge in [0.15, 0.2) is 11.5 Å². The van der Waals surface area contributed by atoms with E-state index in [-0.39, 0.29) is 11.4 Å². The highest BCUT2D eigenvalue weighted by Crippen LogP contribution is 2.42. The Kier molecular flexibility index (Phi) is 4.82. The number of rotatable bonds is 5. The lowest BCUT2D eigenvalue weighted by Gasteiger charge is -1.98. The minimum atomic E-state index is -0.419. The zero-order valence-corrected chi connectivity index (χ0v) is 15.3. The van der Waals surface area contributed by atoms with Gasteiger partial charge in [0.05, 0.1) is 30.8 Å². The maximum atomic E-state index is 11.5. The summed E-state index contributed by atoms with van der Waals surface area (Å²) in [6.45, 7) is 0. The molecule has 29 heavy (non-hydrogen) atoms. The smallest absolute Gasteiger partial charge is 0.337 e. The molecule has 142 valence electrons. The molecule has 1 aromatic carbocycles. The normalized spacial score (nSPS) is 10.9. The number of hydrogen-bond acceptors (Lipinski definition) is 7. The summed E-state index contributed by atoms with van der Waals surface area (Å²) in [7, 11) is 1.32. The third-order valence-electron chi connectivity index (χ3n) is 4.18. The number of ether oxygens (including phenoxy) is 1. The third kappa shape index (κ3) is 3.47. The minimum Gasteiger partial charge on any atom is -0.465 e. The molecule has 4 rings (SSSR count). The summed E-state index contributed by atoms with van der Waals surface area (Å²) in [5.41, 5.74) is 1.85. The Morgan fingerprint density at radius 1 is 1.07 bits per heavy atom. The van der Waals surface area contributed by atoms with E-state index in [0.29, 0.717) is 28.4 Å². The number of aliphatic imine (C=N–C) groups is 1. The van der Waals surface area contributed by atoms with Crippen LogP contribution in [0.25, 0.3) is 22.8 Å². The fourth-order valence-corrected chi connectivity index (χ4v) is 2.81. The Balaban J connectivity index is 1.75. The number of esters is 1. The van der Waals surface area contributed by atoms with Crippen LogP contribution in [0.5, 0.6) is 0 Å². The fraction of sp³-hybridized carbons (Fsp3) is 0.0455. The summed E-state index contributed by atoms with van der Waals surface area (Å²) in [4.78, 5) is 15.9. The predicted molar refractivity (Wildman–Crippen MR) is 104 cm³/mol. The van der Waals surface area contributed by atoms with Gasteiger partial charge in [-0.25, -0.2) is 9.79 Å². The van der Waals surface area contributed by atoms with Crippen molar-refractivity contribution in [3.05, 3.63) is 77.7 Å². The average molecular weight is 386 g/mol. The van der Waals surface area contributed by atoms with Crippen LogP contribution in [0.2, 0.25) is 0 Å². The van der Waals surface area contributed by atoms with Gasteiger partial charge in [0.1, 0.15) is 17.4 Å². The van der Waals surface area contributed by atoms with Crippen LogP contribution >= 0.6 is 0 Å². The van der Waals surface area contributed by atoms with Gasteiger partial charge < -0.3 is 18.0 Å². The number of carbonyl (C=O) groups excluding carboxylic acids is 1. The van der Waals surface area contributed by atoms with Gasteiger partial charge in [-0.3, -0.25) is 0 Å². The molecule has 0 spiro atoms. The lowest BCUT2D eigenvalue weighted by molar-refractivity contribution is 0.0600. The van der Waals surface area contributed by atoms with Crippen LogP contribution in [-0.2, 0) is 4.74 Å². The summed E-state index contributed by atoms with van der Waals surface area (Å²) in [6, 6.07) is 15.7. The second kappa shape index (κ2) is 7.74. The molecule has 3 aromatic heterocycles. The van der Waals surface area contributed by atoms with Crippen LogP contribution in [0.4, 0.5) is 5.88 Å². The van der Waals surface area contributed by atoms with Gasteiger partial charge in [-0.1, -0.05) is 12.1 Å². The van der Waals surface area contributed by atoms with Crippen LogP contribution in [0, 0.1) is 11.3 Å². The number of methoxy groups -OCH3 is 1. The molecule has 4 aromatic rings. The molecule has 0 aliphatic heterocycles. The Labute approximate surface area is 165 Å². The topological polar surface area (TPSA) is 102 Å². The average Bonchev–Trinajstić information content (AvgIpc) is 3.51. The van der Waals surface area contributed by atoms with Gasteiger partial charge in [-0.15, -0.1) is 0 Å². The number of carbonyl (C=O) groups is 1. The van der Waals surface area contributed by atoms with Gasteiger partial charge in [0.2, 0.25) is 5.88 Å². The number of furan rings is 3. The first-order chi connectivity index (χ1) is 14.2. The molecule has 0 N–H and O–H groups in total. The van der Waals surface area contributed by atoms with Gasteiger partial charge in [-0.2, -0.15) is 5.26 Å². The second-order valence-electron chi connectivity index (χ2n) is 5.92. The number of nitriles is 1. The quantitative estimate of drug-likeness (QED) is 0.345. The summed E-state index contributed by atoms with van der Waals surface area (Å²) in [5, 5.41) is 9.72. The van der Waals surface area contributed by atoms with Gasteiger partial charge >= 0.3 is 5.97 Å². The number of nitrogens with zero attached hydrogens (tertiary/aromatic N) is 2. The van der Waals surface area contributed by atoms with Crippen molar-refractivity contribution in [3.63, 3.8) is 0 Å². The Bertz CT molecular complexity index is 1190. The highest BCUT2D eigenvalue weighted by Gasteiger charge is 2.25. The highest BCUT2D eigenvalue weighted by molar-refractivity contribution is 5.91. The lowest BCUT2D eigenvalue weighted by atomic mass is 10.1. The van der Waals surface area contributed by atoms with Crippen molar-refractivity contribution in [1.82, 2.24) is 0 Å². The van der Waals surface area contributed by atoms with E-state index < -0.39 is 5.97 Å². The first kappa shape index (κ1) is 18.1. The molecule has 0 saturated carbocycles. The van der Waals surface area contributed by atoms with Crippen molar-refractivity contribution < 1.29 is 22.8 Å². The van der Waals surface area contributed by atoms with Crippen molar-refractivity contribution >= 4 is 18.1 Å². The minimum absolute atomic E-state index is 0.127. The molecule has 0 unspecified atom stereocenters. The molecular formula is C22H14N2O5. The standard InChI is InChI=1S/C22H14N2O5/c1-26-22(25)15-8-6-14(7-9-15)13-24-21-16(12-23)19(17-4-2-10-27-17)20(29-21)18-5-3-11-28-18/h2-11,13H,1H3. The Hall–Kier alpha value is -4.31. The van der Waals surface area contributed by atoms with E-state index in [2.05, 4.69) is 15.8 Å². The fourth-order valence-electron chi connectivity index (χ4n) is 2.81. The van der Waals surface area contributed by atoms with Crippen LogP contribution in [0.1, 0.15) is 21.5 Å². The molecule has 7 heteroatoms. The number of hydrogen-bond donors (Lipinski definition) is 0. The van der Waals surface area contributed by atoms with Crippen molar-refractivity contribution in [2.75, 3.05) is 7.11 Å². The van der Waals surface area contributed by atoms with Crippen LogP contribution < -0.4 is 0 Å². The molecule has 0 aliphatic rings. The van der Waals surface area contributed by atoms with E-state index in [9.17, 15) is 10.1 Å². The van der Waals surface area contributed by atoms with E-state index in [1.165, 1.54) is 19.6 Å². The van der Waals surface area contributed by atoms with E-state index >= 15 is 0 Å². The van der Waals surface area contributed by atoms with Gasteiger partial charge in [0.25, 0.3) is 0 Å². The highest BCUT2D eigenvalue weighted by atomic mass is 16.5. The summed E-state index contributed by atoms with van der Waals surface area (Å²) in [5.74, 6) is 0.992. The third-order valence-corrected chi connectivity index (χ3v) is 4.18. The first-order valence-electron chi connectivity index (χ1n) is 8.58. The van der Waals surface area contributed by atoms with E-state index in [4.69, 9.17) is 13.3 Å². The van der Waals surface area contributed by atoms with E-state index in [1.54, 1.807) is 54.7 Å².